The first-order valence-electron chi connectivity index (χ1n) is 3.76. The first kappa shape index (κ1) is 24.3. The fourth-order valence-corrected chi connectivity index (χ4v) is 0. The number of allylic oxidation sites excluding steroid dienone is 1. The number of aliphatic hydroxyl groups excluding tert-OH is 2. The molecule has 100 valence electrons. The van der Waals surface area contributed by atoms with E-state index in [1.807, 2.05) is 6.92 Å². The smallest absolute Gasteiger partial charge is 0.394 e. The molecule has 0 fully saturated rings. The predicted octanol–water partition coefficient (Wildman–Crippen LogP) is 1.75. The van der Waals surface area contributed by atoms with Gasteiger partial charge in [0.15, 0.2) is 0 Å². The zero-order chi connectivity index (χ0) is 13.1. The lowest BCUT2D eigenvalue weighted by molar-refractivity contribution is -0.183. The van der Waals surface area contributed by atoms with Gasteiger partial charge >= 0.3 is 12.2 Å². The summed E-state index contributed by atoms with van der Waals surface area (Å²) >= 11 is 0. The summed E-state index contributed by atoms with van der Waals surface area (Å²) in [5, 5.41) is 16.0. The van der Waals surface area contributed by atoms with E-state index in [4.69, 9.17) is 15.0 Å². The number of halogens is 5. The zero-order valence-electron chi connectivity index (χ0n) is 8.79. The first-order valence-corrected chi connectivity index (χ1v) is 3.76. The van der Waals surface area contributed by atoms with E-state index in [9.17, 15) is 17.6 Å². The van der Waals surface area contributed by atoms with Gasteiger partial charge in [0, 0.05) is 0 Å². The Kier molecular flexibility index (Phi) is 21.2. The fourth-order valence-electron chi connectivity index (χ4n) is 0. The molecule has 8 heteroatoms. The highest BCUT2D eigenvalue weighted by Gasteiger charge is 2.38. The third kappa shape index (κ3) is 38.2. The summed E-state index contributed by atoms with van der Waals surface area (Å²) in [6, 6.07) is -3.26. The highest BCUT2D eigenvalue weighted by Crippen LogP contribution is 2.15. The third-order valence-corrected chi connectivity index (χ3v) is 0.487. The molecule has 1 atom stereocenters. The van der Waals surface area contributed by atoms with Crippen LogP contribution in [0.3, 0.4) is 0 Å². The van der Waals surface area contributed by atoms with E-state index in [-0.39, 0.29) is 11.3 Å². The molecule has 0 aliphatic heterocycles. The number of hydrogen-bond donors (Lipinski definition) is 2. The fraction of sp³-hybridized carbons (Fsp3) is 0.625. The van der Waals surface area contributed by atoms with Crippen molar-refractivity contribution >= 4 is 6.04 Å². The molecule has 0 radical (unpaired) electrons. The van der Waals surface area contributed by atoms with Gasteiger partial charge in [-0.05, 0) is 13.8 Å². The second-order valence-electron chi connectivity index (χ2n) is 2.21. The Hall–Kier alpha value is -1.02. The Labute approximate surface area is 89.8 Å². The van der Waals surface area contributed by atoms with Gasteiger partial charge in [-0.1, -0.05) is 6.08 Å². The zero-order valence-corrected chi connectivity index (χ0v) is 8.79. The van der Waals surface area contributed by atoms with E-state index in [1.54, 1.807) is 6.08 Å². The molecule has 0 aliphatic rings. The van der Waals surface area contributed by atoms with E-state index < -0.39 is 18.3 Å². The van der Waals surface area contributed by atoms with Crippen LogP contribution >= 0.6 is 0 Å². The van der Waals surface area contributed by atoms with E-state index in [0.29, 0.717) is 0 Å². The summed E-state index contributed by atoms with van der Waals surface area (Å²) in [4.78, 5) is 8.67. The quantitative estimate of drug-likeness (QED) is 0.426. The maximum Gasteiger partial charge on any atom is 0.483 e. The molecular formula is C8H15F5O3. The van der Waals surface area contributed by atoms with Crippen LogP contribution in [0.5, 0.6) is 0 Å². The largest absolute Gasteiger partial charge is 0.483 e. The van der Waals surface area contributed by atoms with Crippen LogP contribution in [0.2, 0.25) is 0 Å². The van der Waals surface area contributed by atoms with Gasteiger partial charge in [0.1, 0.15) is 0 Å². The second-order valence-corrected chi connectivity index (χ2v) is 2.21. The number of hydrogen-bond acceptors (Lipinski definition) is 3. The van der Waals surface area contributed by atoms with Crippen LogP contribution in [0.4, 0.5) is 22.3 Å². The molecule has 0 aromatic heterocycles. The molecule has 0 amide bonds. The van der Waals surface area contributed by atoms with E-state index >= 15 is 0 Å². The lowest BCUT2D eigenvalue weighted by atomic mass is 10.5. The van der Waals surface area contributed by atoms with Gasteiger partial charge < -0.3 is 10.2 Å². The van der Waals surface area contributed by atoms with Gasteiger partial charge in [0.2, 0.25) is 0 Å². The van der Waals surface area contributed by atoms with Gasteiger partial charge in [0.05, 0.1) is 12.7 Å². The van der Waals surface area contributed by atoms with Crippen LogP contribution < -0.4 is 0 Å². The molecule has 0 saturated carbocycles. The Morgan fingerprint density at radius 2 is 1.62 bits per heavy atom. The van der Waals surface area contributed by atoms with E-state index in [2.05, 4.69) is 6.58 Å². The topological polar surface area (TPSA) is 57.5 Å². The number of aliphatic hydroxyl groups is 2. The number of carbonyl (C=O) groups excluding carboxylic acids is 1. The highest BCUT2D eigenvalue weighted by atomic mass is 19.4. The van der Waals surface area contributed by atoms with Gasteiger partial charge in [-0.25, -0.2) is 0 Å². The minimum absolute atomic E-state index is 0. The van der Waals surface area contributed by atoms with Crippen molar-refractivity contribution in [2.75, 3.05) is 6.61 Å². The molecular weight excluding hydrogens is 239 g/mol. The van der Waals surface area contributed by atoms with Crippen molar-refractivity contribution in [3.63, 3.8) is 0 Å². The average Bonchev–Trinajstić information content (AvgIpc) is 2.05. The van der Waals surface area contributed by atoms with Gasteiger partial charge in [-0.15, -0.1) is 6.58 Å². The minimum Gasteiger partial charge on any atom is -0.394 e. The average molecular weight is 254 g/mol. The Bertz CT molecular complexity index is 168. The van der Waals surface area contributed by atoms with Crippen molar-refractivity contribution in [3.8, 4) is 0 Å². The normalized spacial score (nSPS) is 10.5. The molecule has 3 nitrogen and oxygen atoms in total. The van der Waals surface area contributed by atoms with Crippen LogP contribution in [0.1, 0.15) is 13.8 Å². The predicted molar refractivity (Wildman–Crippen MR) is 49.3 cm³/mol. The summed E-state index contributed by atoms with van der Waals surface area (Å²) in [5.74, 6) is 0. The lowest BCUT2D eigenvalue weighted by Crippen LogP contribution is -2.16. The molecule has 0 aromatic rings. The Morgan fingerprint density at radius 3 is 1.62 bits per heavy atom. The van der Waals surface area contributed by atoms with Crippen molar-refractivity contribution in [1.82, 2.24) is 0 Å². The number of rotatable bonds is 1. The molecule has 1 unspecified atom stereocenters. The second kappa shape index (κ2) is 14.0. The molecule has 0 heterocycles. The van der Waals surface area contributed by atoms with Gasteiger partial charge in [0.25, 0.3) is 0 Å². The summed E-state index contributed by atoms with van der Waals surface area (Å²) < 4.78 is 41.8. The van der Waals surface area contributed by atoms with Gasteiger partial charge in [-0.2, -0.15) is 17.6 Å². The van der Waals surface area contributed by atoms with Crippen molar-refractivity contribution in [2.24, 2.45) is 0 Å². The lowest BCUT2D eigenvalue weighted by Gasteiger charge is -1.91. The monoisotopic (exact) mass is 254 g/mol. The van der Waals surface area contributed by atoms with Crippen molar-refractivity contribution in [1.29, 1.82) is 0 Å². The SMILES string of the molecule is C=CC.CC(O)CO.F.O=C(F)C(F)(F)F. The molecule has 0 rings (SSSR count). The standard InChI is InChI=1S/C3H8O2.C3H6.C2F4O.FH/c1-3(5)2-4;1-3-2;3-1(7)2(4,5)6;/h3-5H,2H2,1H3;3H,1H2,2H3;;1H. The van der Waals surface area contributed by atoms with Crippen molar-refractivity contribution in [3.05, 3.63) is 12.7 Å². The van der Waals surface area contributed by atoms with Gasteiger partial charge in [-0.3, -0.25) is 9.50 Å². The van der Waals surface area contributed by atoms with Crippen LogP contribution in [0.15, 0.2) is 12.7 Å². The molecule has 0 spiro atoms. The van der Waals surface area contributed by atoms with Crippen LogP contribution in [-0.2, 0) is 4.79 Å². The molecule has 16 heavy (non-hydrogen) atoms. The molecule has 0 bridgehead atoms. The third-order valence-electron chi connectivity index (χ3n) is 0.487. The molecule has 0 aliphatic carbocycles. The van der Waals surface area contributed by atoms with Crippen molar-refractivity contribution in [2.45, 2.75) is 26.1 Å². The number of alkyl halides is 3. The van der Waals surface area contributed by atoms with Crippen LogP contribution in [0, 0.1) is 0 Å². The Morgan fingerprint density at radius 1 is 1.50 bits per heavy atom. The highest BCUT2D eigenvalue weighted by molar-refractivity contribution is 5.74. The van der Waals surface area contributed by atoms with Crippen LogP contribution in [-0.4, -0.2) is 35.1 Å². The number of carbonyl (C=O) groups is 1. The van der Waals surface area contributed by atoms with E-state index in [0.717, 1.165) is 0 Å². The Balaban J connectivity index is -0.0000000710. The van der Waals surface area contributed by atoms with E-state index in [1.165, 1.54) is 6.92 Å². The summed E-state index contributed by atoms with van der Waals surface area (Å²) in [6.07, 6.45) is -4.12. The maximum atomic E-state index is 10.5. The maximum absolute atomic E-state index is 10.5. The summed E-state index contributed by atoms with van der Waals surface area (Å²) in [7, 11) is 0. The minimum atomic E-state index is -5.31. The molecule has 0 saturated heterocycles. The first-order chi connectivity index (χ1) is 6.63. The molecule has 2 N–H and O–H groups in total. The molecule has 0 aromatic carbocycles. The summed E-state index contributed by atoms with van der Waals surface area (Å²) in [5.41, 5.74) is 0. The van der Waals surface area contributed by atoms with Crippen LogP contribution in [0.25, 0.3) is 0 Å². The van der Waals surface area contributed by atoms with Crippen molar-refractivity contribution < 1.29 is 37.3 Å². The summed E-state index contributed by atoms with van der Waals surface area (Å²) in [6.45, 7) is 6.64.